The molecule has 2 N–H and O–H groups in total. The third-order valence-corrected chi connectivity index (χ3v) is 4.33. The van der Waals surface area contributed by atoms with Crippen molar-refractivity contribution in [2.45, 2.75) is 25.3 Å². The Morgan fingerprint density at radius 1 is 1.16 bits per heavy atom. The van der Waals surface area contributed by atoms with Crippen molar-refractivity contribution in [2.75, 3.05) is 18.0 Å². The lowest BCUT2D eigenvalue weighted by atomic mass is 10.1. The molecule has 130 valence electrons. The summed E-state index contributed by atoms with van der Waals surface area (Å²) in [7, 11) is 0. The average Bonchev–Trinajstić information content (AvgIpc) is 3.17. The topological polar surface area (TPSA) is 82.5 Å². The maximum atomic E-state index is 12.5. The summed E-state index contributed by atoms with van der Waals surface area (Å²) in [4.78, 5) is 30.3. The Hall–Kier alpha value is -2.89. The van der Waals surface area contributed by atoms with Crippen LogP contribution in [-0.4, -0.2) is 41.1 Å². The molecule has 6 heteroatoms. The Balaban J connectivity index is 1.71. The van der Waals surface area contributed by atoms with E-state index in [0.717, 1.165) is 37.2 Å². The Morgan fingerprint density at radius 2 is 1.88 bits per heavy atom. The second-order valence-electron chi connectivity index (χ2n) is 6.15. The summed E-state index contributed by atoms with van der Waals surface area (Å²) in [5.41, 5.74) is 2.05. The molecule has 0 bridgehead atoms. The normalized spacial score (nSPS) is 15.0. The van der Waals surface area contributed by atoms with Crippen molar-refractivity contribution in [3.63, 3.8) is 0 Å². The van der Waals surface area contributed by atoms with E-state index in [4.69, 9.17) is 0 Å². The highest BCUT2D eigenvalue weighted by Gasteiger charge is 2.22. The molecule has 1 amide bonds. The number of carbonyl (C=O) groups excluding carboxylic acids is 1. The summed E-state index contributed by atoms with van der Waals surface area (Å²) in [6, 6.07) is 11.8. The van der Waals surface area contributed by atoms with Gasteiger partial charge in [0.2, 0.25) is 0 Å². The van der Waals surface area contributed by atoms with Crippen molar-refractivity contribution in [2.24, 2.45) is 0 Å². The number of rotatable bonds is 6. The van der Waals surface area contributed by atoms with Gasteiger partial charge < -0.3 is 15.3 Å². The lowest BCUT2D eigenvalue weighted by molar-refractivity contribution is -0.139. The van der Waals surface area contributed by atoms with E-state index in [2.05, 4.69) is 15.2 Å². The first-order valence-corrected chi connectivity index (χ1v) is 8.42. The summed E-state index contributed by atoms with van der Waals surface area (Å²) < 4.78 is 0. The molecule has 6 nitrogen and oxygen atoms in total. The first-order chi connectivity index (χ1) is 12.1. The number of amides is 1. The molecule has 0 saturated carbocycles. The monoisotopic (exact) mass is 339 g/mol. The third-order valence-electron chi connectivity index (χ3n) is 4.33. The molecular weight excluding hydrogens is 318 g/mol. The van der Waals surface area contributed by atoms with Gasteiger partial charge in [-0.05, 0) is 30.5 Å². The maximum Gasteiger partial charge on any atom is 0.326 e. The Labute approximate surface area is 146 Å². The lowest BCUT2D eigenvalue weighted by Crippen LogP contribution is -2.42. The van der Waals surface area contributed by atoms with Gasteiger partial charge in [0.05, 0.1) is 0 Å². The van der Waals surface area contributed by atoms with Crippen molar-refractivity contribution >= 4 is 17.6 Å². The van der Waals surface area contributed by atoms with E-state index in [-0.39, 0.29) is 12.1 Å². The van der Waals surface area contributed by atoms with Crippen molar-refractivity contribution in [1.82, 2.24) is 10.3 Å². The fraction of sp³-hybridized carbons (Fsp3) is 0.316. The average molecular weight is 339 g/mol. The molecule has 0 radical (unpaired) electrons. The van der Waals surface area contributed by atoms with Crippen LogP contribution in [0.5, 0.6) is 0 Å². The van der Waals surface area contributed by atoms with Gasteiger partial charge >= 0.3 is 5.97 Å². The van der Waals surface area contributed by atoms with Crippen LogP contribution in [0.1, 0.15) is 28.9 Å². The first-order valence-electron chi connectivity index (χ1n) is 8.42. The van der Waals surface area contributed by atoms with E-state index in [1.165, 1.54) is 0 Å². The van der Waals surface area contributed by atoms with E-state index in [1.54, 1.807) is 12.3 Å². The number of nitrogens with one attached hydrogen (secondary N) is 1. The van der Waals surface area contributed by atoms with Gasteiger partial charge in [-0.25, -0.2) is 4.79 Å². The predicted molar refractivity (Wildman–Crippen MR) is 94.7 cm³/mol. The number of carbonyl (C=O) groups is 2. The molecule has 0 aliphatic carbocycles. The predicted octanol–water partition coefficient (Wildman–Crippen LogP) is 2.11. The van der Waals surface area contributed by atoms with Gasteiger partial charge in [0, 0.05) is 31.4 Å². The number of hydrogen-bond donors (Lipinski definition) is 2. The minimum absolute atomic E-state index is 0.230. The molecule has 0 unspecified atom stereocenters. The number of aromatic nitrogens is 1. The summed E-state index contributed by atoms with van der Waals surface area (Å²) in [5.74, 6) is -1.53. The number of pyridine rings is 1. The van der Waals surface area contributed by atoms with Crippen LogP contribution in [0.4, 0.5) is 5.69 Å². The zero-order valence-electron chi connectivity index (χ0n) is 13.9. The molecule has 2 heterocycles. The summed E-state index contributed by atoms with van der Waals surface area (Å²) in [6.45, 7) is 1.94. The van der Waals surface area contributed by atoms with E-state index in [0.29, 0.717) is 0 Å². The maximum absolute atomic E-state index is 12.5. The quantitative estimate of drug-likeness (QED) is 0.842. The van der Waals surface area contributed by atoms with Gasteiger partial charge in [0.1, 0.15) is 11.7 Å². The number of anilines is 1. The van der Waals surface area contributed by atoms with Gasteiger partial charge in [-0.15, -0.1) is 0 Å². The Kier molecular flexibility index (Phi) is 5.28. The molecule has 25 heavy (non-hydrogen) atoms. The van der Waals surface area contributed by atoms with Crippen LogP contribution < -0.4 is 10.2 Å². The summed E-state index contributed by atoms with van der Waals surface area (Å²) >= 11 is 0. The third kappa shape index (κ3) is 4.35. The number of benzene rings is 1. The van der Waals surface area contributed by atoms with Crippen molar-refractivity contribution < 1.29 is 14.7 Å². The zero-order valence-corrected chi connectivity index (χ0v) is 13.9. The zero-order chi connectivity index (χ0) is 17.6. The van der Waals surface area contributed by atoms with E-state index < -0.39 is 17.9 Å². The Bertz CT molecular complexity index is 743. The molecule has 1 aliphatic rings. The molecular formula is C19H21N3O3. The van der Waals surface area contributed by atoms with Gasteiger partial charge in [-0.1, -0.05) is 30.3 Å². The molecule has 1 saturated heterocycles. The van der Waals surface area contributed by atoms with Gasteiger partial charge in [-0.2, -0.15) is 0 Å². The summed E-state index contributed by atoms with van der Waals surface area (Å²) in [5, 5.41) is 12.0. The second-order valence-corrected chi connectivity index (χ2v) is 6.15. The molecule has 3 rings (SSSR count). The number of carboxylic acid groups (broad SMARTS) is 1. The van der Waals surface area contributed by atoms with Crippen molar-refractivity contribution in [1.29, 1.82) is 0 Å². The van der Waals surface area contributed by atoms with Crippen LogP contribution in [0, 0.1) is 0 Å². The number of carboxylic acids is 1. The van der Waals surface area contributed by atoms with Gasteiger partial charge in [0.15, 0.2) is 0 Å². The molecule has 1 atom stereocenters. The van der Waals surface area contributed by atoms with E-state index in [9.17, 15) is 14.7 Å². The smallest absolute Gasteiger partial charge is 0.326 e. The van der Waals surface area contributed by atoms with Crippen LogP contribution in [-0.2, 0) is 11.2 Å². The Morgan fingerprint density at radius 3 is 2.56 bits per heavy atom. The minimum Gasteiger partial charge on any atom is -0.480 e. The number of nitrogens with zero attached hydrogens (tertiary/aromatic N) is 2. The van der Waals surface area contributed by atoms with E-state index >= 15 is 0 Å². The molecule has 2 aromatic rings. The lowest BCUT2D eigenvalue weighted by Gasteiger charge is -2.18. The highest BCUT2D eigenvalue weighted by Crippen LogP contribution is 2.20. The fourth-order valence-electron chi connectivity index (χ4n) is 3.00. The molecule has 1 aromatic carbocycles. The SMILES string of the molecule is O=C(N[C@H](Cc1ccccc1)C(=O)O)c1cc(N2CCCC2)ccn1. The van der Waals surface area contributed by atoms with Crippen LogP contribution in [0.2, 0.25) is 0 Å². The fourth-order valence-corrected chi connectivity index (χ4v) is 3.00. The van der Waals surface area contributed by atoms with Crippen LogP contribution in [0.15, 0.2) is 48.7 Å². The minimum atomic E-state index is -1.06. The van der Waals surface area contributed by atoms with Crippen LogP contribution >= 0.6 is 0 Å². The molecule has 1 aliphatic heterocycles. The largest absolute Gasteiger partial charge is 0.480 e. The molecule has 1 fully saturated rings. The standard InChI is InChI=1S/C19H21N3O3/c23-18(16-13-15(8-9-20-16)22-10-4-5-11-22)21-17(19(24)25)12-14-6-2-1-3-7-14/h1-3,6-9,13,17H,4-5,10-12H2,(H,21,23)(H,24,25)/t17-/m1/s1. The first kappa shape index (κ1) is 17.0. The van der Waals surface area contributed by atoms with Crippen molar-refractivity contribution in [3.05, 3.63) is 59.9 Å². The highest BCUT2D eigenvalue weighted by molar-refractivity contribution is 5.95. The van der Waals surface area contributed by atoms with Gasteiger partial charge in [-0.3, -0.25) is 9.78 Å². The number of hydrogen-bond acceptors (Lipinski definition) is 4. The van der Waals surface area contributed by atoms with Gasteiger partial charge in [0.25, 0.3) is 5.91 Å². The molecule has 1 aromatic heterocycles. The highest BCUT2D eigenvalue weighted by atomic mass is 16.4. The summed E-state index contributed by atoms with van der Waals surface area (Å²) in [6.07, 6.45) is 4.10. The van der Waals surface area contributed by atoms with Crippen LogP contribution in [0.25, 0.3) is 0 Å². The van der Waals surface area contributed by atoms with Crippen LogP contribution in [0.3, 0.4) is 0 Å². The van der Waals surface area contributed by atoms with E-state index in [1.807, 2.05) is 36.4 Å². The number of aliphatic carboxylic acids is 1. The molecule has 0 spiro atoms. The second kappa shape index (κ2) is 7.79. The van der Waals surface area contributed by atoms with Crippen molar-refractivity contribution in [3.8, 4) is 0 Å².